The summed E-state index contributed by atoms with van der Waals surface area (Å²) in [6, 6.07) is 11.1. The summed E-state index contributed by atoms with van der Waals surface area (Å²) >= 11 is 0. The van der Waals surface area contributed by atoms with Gasteiger partial charge in [-0.15, -0.1) is 0 Å². The van der Waals surface area contributed by atoms with E-state index in [0.717, 1.165) is 25.7 Å². The fourth-order valence-electron chi connectivity index (χ4n) is 5.06. The van der Waals surface area contributed by atoms with E-state index in [9.17, 15) is 14.0 Å². The number of carbonyl (C=O) groups is 2. The van der Waals surface area contributed by atoms with Gasteiger partial charge in [-0.2, -0.15) is 5.10 Å². The number of amides is 2. The van der Waals surface area contributed by atoms with Crippen molar-refractivity contribution in [2.75, 3.05) is 41.0 Å². The van der Waals surface area contributed by atoms with Crippen LogP contribution in [0.3, 0.4) is 0 Å². The monoisotopic (exact) mass is 511 g/mol. The van der Waals surface area contributed by atoms with Gasteiger partial charge in [0.15, 0.2) is 0 Å². The molecular formula is C28H34FN3O5. The lowest BCUT2D eigenvalue weighted by Gasteiger charge is -2.28. The SMILES string of the molecule is COCCN(CC(=O)N1N=C(c2ccc(OC)cc2OC)C[C@H]1c1ccccc1F)C(=O)C1CCCC1. The second-order valence-corrected chi connectivity index (χ2v) is 9.33. The lowest BCUT2D eigenvalue weighted by atomic mass is 9.97. The number of rotatable bonds is 10. The number of carbonyl (C=O) groups excluding carboxylic acids is 2. The van der Waals surface area contributed by atoms with Gasteiger partial charge in [-0.1, -0.05) is 31.0 Å². The zero-order valence-corrected chi connectivity index (χ0v) is 21.6. The lowest BCUT2D eigenvalue weighted by Crippen LogP contribution is -2.44. The summed E-state index contributed by atoms with van der Waals surface area (Å²) in [5.41, 5.74) is 1.65. The van der Waals surface area contributed by atoms with Gasteiger partial charge in [0.05, 0.1) is 32.6 Å². The summed E-state index contributed by atoms with van der Waals surface area (Å²) < 4.78 is 31.0. The average molecular weight is 512 g/mol. The average Bonchev–Trinajstić information content (AvgIpc) is 3.61. The molecule has 1 aliphatic heterocycles. The Kier molecular flexibility index (Phi) is 8.76. The molecule has 4 rings (SSSR count). The normalized spacial score (nSPS) is 17.6. The standard InChI is InChI=1S/C28H34FN3O5/c1-35-15-14-31(28(34)19-8-4-5-9-19)18-27(33)32-25(21-10-6-7-11-23(21)29)17-24(30-32)22-13-12-20(36-2)16-26(22)37-3/h6-7,10-13,16,19,25H,4-5,8-9,14-15,17-18H2,1-3H3/t25-/m0/s1. The third-order valence-electron chi connectivity index (χ3n) is 7.06. The van der Waals surface area contributed by atoms with Gasteiger partial charge in [-0.25, -0.2) is 9.40 Å². The molecule has 1 atom stereocenters. The Labute approximate surface area is 217 Å². The van der Waals surface area contributed by atoms with Gasteiger partial charge in [-0.05, 0) is 31.0 Å². The van der Waals surface area contributed by atoms with E-state index in [2.05, 4.69) is 5.10 Å². The summed E-state index contributed by atoms with van der Waals surface area (Å²) in [7, 11) is 4.68. The Morgan fingerprint density at radius 2 is 1.84 bits per heavy atom. The molecule has 0 radical (unpaired) electrons. The van der Waals surface area contributed by atoms with Crippen molar-refractivity contribution >= 4 is 17.5 Å². The number of hydrogen-bond donors (Lipinski definition) is 0. The number of halogens is 1. The molecule has 9 heteroatoms. The topological polar surface area (TPSA) is 80.7 Å². The van der Waals surface area contributed by atoms with Crippen molar-refractivity contribution in [2.45, 2.75) is 38.1 Å². The van der Waals surface area contributed by atoms with E-state index in [4.69, 9.17) is 14.2 Å². The summed E-state index contributed by atoms with van der Waals surface area (Å²) in [6.07, 6.45) is 3.99. The summed E-state index contributed by atoms with van der Waals surface area (Å²) in [4.78, 5) is 28.4. The predicted octanol–water partition coefficient (Wildman–Crippen LogP) is 4.19. The second-order valence-electron chi connectivity index (χ2n) is 9.33. The maximum Gasteiger partial charge on any atom is 0.262 e. The van der Waals surface area contributed by atoms with Gasteiger partial charge in [0.25, 0.3) is 5.91 Å². The fraction of sp³-hybridized carbons (Fsp3) is 0.464. The summed E-state index contributed by atoms with van der Waals surface area (Å²) in [5, 5.41) is 5.97. The van der Waals surface area contributed by atoms with Crippen LogP contribution < -0.4 is 9.47 Å². The highest BCUT2D eigenvalue weighted by Crippen LogP contribution is 2.37. The molecule has 0 saturated heterocycles. The van der Waals surface area contributed by atoms with Crippen LogP contribution in [0.25, 0.3) is 0 Å². The third kappa shape index (κ3) is 5.93. The van der Waals surface area contributed by atoms with E-state index in [1.807, 2.05) is 6.07 Å². The molecule has 2 amide bonds. The second kappa shape index (κ2) is 12.2. The summed E-state index contributed by atoms with van der Waals surface area (Å²) in [5.74, 6) is 0.258. The molecule has 2 aromatic carbocycles. The van der Waals surface area contributed by atoms with Crippen LogP contribution in [0.15, 0.2) is 47.6 Å². The molecule has 1 heterocycles. The zero-order chi connectivity index (χ0) is 26.4. The zero-order valence-electron chi connectivity index (χ0n) is 21.6. The Balaban J connectivity index is 1.65. The number of hydrazone groups is 1. The molecule has 0 aromatic heterocycles. The molecule has 2 aromatic rings. The highest BCUT2D eigenvalue weighted by Gasteiger charge is 2.37. The van der Waals surface area contributed by atoms with Crippen LogP contribution in [0.1, 0.15) is 49.3 Å². The van der Waals surface area contributed by atoms with E-state index in [1.165, 1.54) is 11.1 Å². The number of methoxy groups -OCH3 is 3. The minimum Gasteiger partial charge on any atom is -0.497 e. The van der Waals surface area contributed by atoms with E-state index in [1.54, 1.807) is 56.6 Å². The third-order valence-corrected chi connectivity index (χ3v) is 7.06. The van der Waals surface area contributed by atoms with Gasteiger partial charge in [0.2, 0.25) is 5.91 Å². The number of nitrogens with zero attached hydrogens (tertiary/aromatic N) is 3. The van der Waals surface area contributed by atoms with Crippen molar-refractivity contribution in [3.05, 3.63) is 59.4 Å². The van der Waals surface area contributed by atoms with E-state index < -0.39 is 11.9 Å². The Morgan fingerprint density at radius 3 is 2.51 bits per heavy atom. The number of benzene rings is 2. The van der Waals surface area contributed by atoms with E-state index in [-0.39, 0.29) is 24.3 Å². The molecule has 0 spiro atoms. The van der Waals surface area contributed by atoms with Gasteiger partial charge in [0.1, 0.15) is 23.9 Å². The molecule has 2 aliphatic rings. The minimum absolute atomic E-state index is 0.0365. The predicted molar refractivity (Wildman–Crippen MR) is 137 cm³/mol. The first kappa shape index (κ1) is 26.6. The first-order valence-electron chi connectivity index (χ1n) is 12.6. The molecule has 37 heavy (non-hydrogen) atoms. The van der Waals surface area contributed by atoms with Crippen LogP contribution in [0.4, 0.5) is 4.39 Å². The first-order valence-corrected chi connectivity index (χ1v) is 12.6. The Hall–Kier alpha value is -3.46. The van der Waals surface area contributed by atoms with Crippen LogP contribution in [-0.2, 0) is 14.3 Å². The summed E-state index contributed by atoms with van der Waals surface area (Å²) in [6.45, 7) is 0.471. The van der Waals surface area contributed by atoms with E-state index >= 15 is 0 Å². The van der Waals surface area contributed by atoms with Crippen LogP contribution in [0.2, 0.25) is 0 Å². The molecule has 1 fully saturated rings. The largest absolute Gasteiger partial charge is 0.497 e. The molecular weight excluding hydrogens is 477 g/mol. The smallest absolute Gasteiger partial charge is 0.262 e. The maximum atomic E-state index is 14.9. The quantitative estimate of drug-likeness (QED) is 0.478. The fourth-order valence-corrected chi connectivity index (χ4v) is 5.06. The maximum absolute atomic E-state index is 14.9. The Morgan fingerprint density at radius 1 is 1.08 bits per heavy atom. The highest BCUT2D eigenvalue weighted by molar-refractivity contribution is 6.05. The van der Waals surface area contributed by atoms with Gasteiger partial charge < -0.3 is 19.1 Å². The van der Waals surface area contributed by atoms with Crippen molar-refractivity contribution in [1.29, 1.82) is 0 Å². The molecule has 0 N–H and O–H groups in total. The molecule has 0 bridgehead atoms. The van der Waals surface area contributed by atoms with Crippen molar-refractivity contribution in [3.63, 3.8) is 0 Å². The number of hydrogen-bond acceptors (Lipinski definition) is 6. The lowest BCUT2D eigenvalue weighted by molar-refractivity contribution is -0.144. The molecule has 1 aliphatic carbocycles. The minimum atomic E-state index is -0.652. The van der Waals surface area contributed by atoms with Crippen LogP contribution >= 0.6 is 0 Å². The van der Waals surface area contributed by atoms with Crippen molar-refractivity contribution in [3.8, 4) is 11.5 Å². The number of ether oxygens (including phenoxy) is 3. The molecule has 198 valence electrons. The molecule has 0 unspecified atom stereocenters. The van der Waals surface area contributed by atoms with Crippen molar-refractivity contribution < 1.29 is 28.2 Å². The van der Waals surface area contributed by atoms with Crippen LogP contribution in [0.5, 0.6) is 11.5 Å². The van der Waals surface area contributed by atoms with Crippen molar-refractivity contribution in [1.82, 2.24) is 9.91 Å². The van der Waals surface area contributed by atoms with Gasteiger partial charge >= 0.3 is 0 Å². The molecule has 1 saturated carbocycles. The first-order chi connectivity index (χ1) is 18.0. The van der Waals surface area contributed by atoms with Gasteiger partial charge in [-0.3, -0.25) is 9.59 Å². The highest BCUT2D eigenvalue weighted by atomic mass is 19.1. The van der Waals surface area contributed by atoms with Crippen LogP contribution in [0, 0.1) is 11.7 Å². The Bertz CT molecular complexity index is 1150. The van der Waals surface area contributed by atoms with Gasteiger partial charge in [0, 0.05) is 43.2 Å². The molecule has 8 nitrogen and oxygen atoms in total. The van der Waals surface area contributed by atoms with Crippen LogP contribution in [-0.4, -0.2) is 68.5 Å². The van der Waals surface area contributed by atoms with Crippen molar-refractivity contribution in [2.24, 2.45) is 11.0 Å². The van der Waals surface area contributed by atoms with E-state index in [0.29, 0.717) is 47.9 Å².